The van der Waals surface area contributed by atoms with Crippen molar-refractivity contribution in [3.8, 4) is 11.5 Å². The van der Waals surface area contributed by atoms with Crippen LogP contribution in [0.1, 0.15) is 84.0 Å². The van der Waals surface area contributed by atoms with Gasteiger partial charge in [0.05, 0.1) is 0 Å². The molecule has 0 spiro atoms. The highest BCUT2D eigenvalue weighted by molar-refractivity contribution is 5.90. The zero-order valence-corrected chi connectivity index (χ0v) is 19.8. The molecule has 1 amide bonds. The molecule has 0 bridgehead atoms. The van der Waals surface area contributed by atoms with Crippen LogP contribution in [0.3, 0.4) is 0 Å². The molecule has 4 heteroatoms. The van der Waals surface area contributed by atoms with Crippen LogP contribution in [0.4, 0.5) is 5.69 Å². The lowest BCUT2D eigenvalue weighted by molar-refractivity contribution is -0.116. The Kier molecular flexibility index (Phi) is 13.8. The van der Waals surface area contributed by atoms with Crippen LogP contribution < -0.4 is 14.8 Å². The normalized spacial score (nSPS) is 10.7. The van der Waals surface area contributed by atoms with Gasteiger partial charge in [-0.2, -0.15) is 0 Å². The van der Waals surface area contributed by atoms with Crippen molar-refractivity contribution in [1.29, 1.82) is 0 Å². The summed E-state index contributed by atoms with van der Waals surface area (Å²) in [5, 5.41) is 2.97. The highest BCUT2D eigenvalue weighted by atomic mass is 16.5. The minimum atomic E-state index is 0.0888. The molecule has 2 aromatic carbocycles. The van der Waals surface area contributed by atoms with E-state index >= 15 is 0 Å². The number of ether oxygens (including phenoxy) is 2. The number of para-hydroxylation sites is 1. The number of benzene rings is 2. The van der Waals surface area contributed by atoms with Crippen molar-refractivity contribution < 1.29 is 14.3 Å². The lowest BCUT2D eigenvalue weighted by Gasteiger charge is -2.09. The summed E-state index contributed by atoms with van der Waals surface area (Å²) in [6.07, 6.45) is 14.8. The van der Waals surface area contributed by atoms with Gasteiger partial charge < -0.3 is 14.8 Å². The molecule has 0 radical (unpaired) electrons. The molecule has 0 heterocycles. The second-order valence-electron chi connectivity index (χ2n) is 8.37. The molecule has 32 heavy (non-hydrogen) atoms. The molecule has 0 saturated carbocycles. The van der Waals surface area contributed by atoms with Gasteiger partial charge in [0.15, 0.2) is 0 Å². The van der Waals surface area contributed by atoms with Crippen molar-refractivity contribution >= 4 is 11.6 Å². The Morgan fingerprint density at radius 3 is 1.72 bits per heavy atom. The predicted octanol–water partition coefficient (Wildman–Crippen LogP) is 7.78. The van der Waals surface area contributed by atoms with Gasteiger partial charge in [0.1, 0.15) is 24.7 Å². The number of unbranched alkanes of at least 4 members (excludes halogenated alkanes) is 10. The highest BCUT2D eigenvalue weighted by Crippen LogP contribution is 2.17. The molecule has 2 aromatic rings. The van der Waals surface area contributed by atoms with E-state index in [1.165, 1.54) is 57.8 Å². The van der Waals surface area contributed by atoms with Gasteiger partial charge in [-0.15, -0.1) is 0 Å². The molecule has 0 aliphatic heterocycles. The van der Waals surface area contributed by atoms with Gasteiger partial charge in [-0.3, -0.25) is 4.79 Å². The fourth-order valence-corrected chi connectivity index (χ4v) is 3.64. The first-order valence-corrected chi connectivity index (χ1v) is 12.5. The number of hydrogen-bond donors (Lipinski definition) is 1. The second-order valence-corrected chi connectivity index (χ2v) is 8.37. The van der Waals surface area contributed by atoms with Crippen LogP contribution in [-0.4, -0.2) is 19.1 Å². The van der Waals surface area contributed by atoms with Gasteiger partial charge in [-0.25, -0.2) is 0 Å². The number of amides is 1. The predicted molar refractivity (Wildman–Crippen MR) is 134 cm³/mol. The first-order chi connectivity index (χ1) is 15.8. The van der Waals surface area contributed by atoms with Crippen molar-refractivity contribution in [2.75, 3.05) is 18.5 Å². The van der Waals surface area contributed by atoms with Crippen LogP contribution in [0.25, 0.3) is 0 Å². The van der Waals surface area contributed by atoms with Crippen molar-refractivity contribution in [2.45, 2.75) is 84.0 Å². The largest absolute Gasteiger partial charge is 0.490 e. The summed E-state index contributed by atoms with van der Waals surface area (Å²) in [7, 11) is 0. The monoisotopic (exact) mass is 439 g/mol. The van der Waals surface area contributed by atoms with Crippen molar-refractivity contribution in [3.63, 3.8) is 0 Å². The summed E-state index contributed by atoms with van der Waals surface area (Å²) >= 11 is 0. The molecule has 0 atom stereocenters. The standard InChI is InChI=1S/C28H41NO3/c1-2-3-4-5-6-7-8-9-10-11-15-18-28(30)29-25-19-21-27(22-20-25)32-24-23-31-26-16-13-12-14-17-26/h12-14,16-17,19-22H,2-11,15,18,23-24H2,1H3,(H,29,30). The molecule has 0 saturated heterocycles. The molecule has 1 N–H and O–H groups in total. The zero-order valence-electron chi connectivity index (χ0n) is 19.8. The van der Waals surface area contributed by atoms with E-state index in [-0.39, 0.29) is 5.91 Å². The maximum Gasteiger partial charge on any atom is 0.224 e. The summed E-state index contributed by atoms with van der Waals surface area (Å²) < 4.78 is 11.3. The Morgan fingerprint density at radius 2 is 1.16 bits per heavy atom. The minimum Gasteiger partial charge on any atom is -0.490 e. The van der Waals surface area contributed by atoms with Crippen LogP contribution >= 0.6 is 0 Å². The second kappa shape index (κ2) is 17.1. The number of nitrogens with one attached hydrogen (secondary N) is 1. The van der Waals surface area contributed by atoms with E-state index in [1.54, 1.807) is 0 Å². The third-order valence-corrected chi connectivity index (χ3v) is 5.51. The van der Waals surface area contributed by atoms with E-state index in [4.69, 9.17) is 9.47 Å². The lowest BCUT2D eigenvalue weighted by atomic mass is 10.1. The zero-order chi connectivity index (χ0) is 22.7. The Hall–Kier alpha value is -2.49. The fraction of sp³-hybridized carbons (Fsp3) is 0.536. The third kappa shape index (κ3) is 12.4. The quantitative estimate of drug-likeness (QED) is 0.241. The summed E-state index contributed by atoms with van der Waals surface area (Å²) in [5.74, 6) is 1.70. The van der Waals surface area contributed by atoms with E-state index in [2.05, 4.69) is 12.2 Å². The molecule has 0 fully saturated rings. The molecule has 0 aromatic heterocycles. The molecule has 0 aliphatic carbocycles. The number of anilines is 1. The summed E-state index contributed by atoms with van der Waals surface area (Å²) in [4.78, 5) is 12.1. The van der Waals surface area contributed by atoms with Gasteiger partial charge >= 0.3 is 0 Å². The Morgan fingerprint density at radius 1 is 0.656 bits per heavy atom. The van der Waals surface area contributed by atoms with Crippen molar-refractivity contribution in [3.05, 3.63) is 54.6 Å². The smallest absolute Gasteiger partial charge is 0.224 e. The summed E-state index contributed by atoms with van der Waals surface area (Å²) in [6.45, 7) is 3.22. The molecule has 2 rings (SSSR count). The van der Waals surface area contributed by atoms with E-state index in [0.717, 1.165) is 30.0 Å². The van der Waals surface area contributed by atoms with E-state index < -0.39 is 0 Å². The number of carbonyl (C=O) groups excluding carboxylic acids is 1. The van der Waals surface area contributed by atoms with Gasteiger partial charge in [-0.1, -0.05) is 89.3 Å². The van der Waals surface area contributed by atoms with Crippen LogP contribution in [0.2, 0.25) is 0 Å². The van der Waals surface area contributed by atoms with Crippen LogP contribution in [0, 0.1) is 0 Å². The Labute approximate surface area is 194 Å². The topological polar surface area (TPSA) is 47.6 Å². The number of carbonyl (C=O) groups is 1. The van der Waals surface area contributed by atoms with Crippen molar-refractivity contribution in [2.24, 2.45) is 0 Å². The first kappa shape index (κ1) is 25.8. The fourth-order valence-electron chi connectivity index (χ4n) is 3.64. The van der Waals surface area contributed by atoms with Crippen molar-refractivity contribution in [1.82, 2.24) is 0 Å². The molecule has 176 valence electrons. The van der Waals surface area contributed by atoms with Crippen LogP contribution in [0.5, 0.6) is 11.5 Å². The minimum absolute atomic E-state index is 0.0888. The maximum absolute atomic E-state index is 12.1. The maximum atomic E-state index is 12.1. The van der Waals surface area contributed by atoms with Gasteiger partial charge in [0.2, 0.25) is 5.91 Å². The van der Waals surface area contributed by atoms with Gasteiger partial charge in [-0.05, 0) is 42.8 Å². The third-order valence-electron chi connectivity index (χ3n) is 5.51. The molecule has 4 nitrogen and oxygen atoms in total. The van der Waals surface area contributed by atoms with E-state index in [1.807, 2.05) is 54.6 Å². The number of rotatable bonds is 18. The number of hydrogen-bond acceptors (Lipinski definition) is 3. The van der Waals surface area contributed by atoms with Crippen LogP contribution in [-0.2, 0) is 4.79 Å². The average Bonchev–Trinajstić information content (AvgIpc) is 2.82. The molecular weight excluding hydrogens is 398 g/mol. The van der Waals surface area contributed by atoms with Crippen LogP contribution in [0.15, 0.2) is 54.6 Å². The van der Waals surface area contributed by atoms with Gasteiger partial charge in [0, 0.05) is 12.1 Å². The van der Waals surface area contributed by atoms with E-state index in [9.17, 15) is 4.79 Å². The first-order valence-electron chi connectivity index (χ1n) is 12.5. The average molecular weight is 440 g/mol. The van der Waals surface area contributed by atoms with Gasteiger partial charge in [0.25, 0.3) is 0 Å². The lowest BCUT2D eigenvalue weighted by Crippen LogP contribution is -2.11. The Balaban J connectivity index is 1.47. The molecular formula is C28H41NO3. The summed E-state index contributed by atoms with van der Waals surface area (Å²) in [6, 6.07) is 17.2. The SMILES string of the molecule is CCCCCCCCCCCCCC(=O)Nc1ccc(OCCOc2ccccc2)cc1. The molecule has 0 unspecified atom stereocenters. The Bertz CT molecular complexity index is 715. The van der Waals surface area contributed by atoms with E-state index in [0.29, 0.717) is 19.6 Å². The summed E-state index contributed by atoms with van der Waals surface area (Å²) in [5.41, 5.74) is 0.811. The molecule has 0 aliphatic rings. The highest BCUT2D eigenvalue weighted by Gasteiger charge is 2.03.